The number of nitrogens with one attached hydrogen (secondary N) is 1. The van der Waals surface area contributed by atoms with Crippen LogP contribution in [0.4, 0.5) is 0 Å². The molecule has 138 valence electrons. The number of nitrogens with zero attached hydrogens (tertiary/aromatic N) is 4. The first-order chi connectivity index (χ1) is 12.2. The maximum Gasteiger partial charge on any atom is 0.248 e. The van der Waals surface area contributed by atoms with Crippen molar-refractivity contribution >= 4 is 12.5 Å². The Morgan fingerprint density at radius 2 is 1.92 bits per heavy atom. The summed E-state index contributed by atoms with van der Waals surface area (Å²) in [4.78, 5) is 20.5. The van der Waals surface area contributed by atoms with Gasteiger partial charge in [0.1, 0.15) is 5.69 Å². The Bertz CT molecular complexity index is 857. The van der Waals surface area contributed by atoms with Crippen LogP contribution in [0.2, 0.25) is 0 Å². The molecule has 0 spiro atoms. The first-order valence-electron chi connectivity index (χ1n) is 8.61. The van der Waals surface area contributed by atoms with Gasteiger partial charge in [-0.3, -0.25) is 10.1 Å². The number of carbonyl (C=O) groups excluding carboxylic acids is 1. The maximum atomic E-state index is 11.7. The van der Waals surface area contributed by atoms with E-state index >= 15 is 0 Å². The second kappa shape index (κ2) is 8.19. The highest BCUT2D eigenvalue weighted by Crippen LogP contribution is 2.22. The zero-order valence-corrected chi connectivity index (χ0v) is 16.2. The molecule has 0 saturated heterocycles. The van der Waals surface area contributed by atoms with E-state index in [1.807, 2.05) is 6.92 Å². The van der Waals surface area contributed by atoms with Gasteiger partial charge in [0.2, 0.25) is 5.62 Å². The van der Waals surface area contributed by atoms with Gasteiger partial charge in [0, 0.05) is 25.9 Å². The maximum absolute atomic E-state index is 11.7. The van der Waals surface area contributed by atoms with Gasteiger partial charge in [-0.15, -0.1) is 0 Å². The Balaban J connectivity index is 2.09. The molecule has 0 aliphatic carbocycles. The van der Waals surface area contributed by atoms with E-state index in [0.29, 0.717) is 30.2 Å². The van der Waals surface area contributed by atoms with Gasteiger partial charge in [0.15, 0.2) is 5.78 Å². The molecule has 2 rings (SSSR count). The quantitative estimate of drug-likeness (QED) is 0.493. The van der Waals surface area contributed by atoms with Gasteiger partial charge in [-0.25, -0.2) is 9.98 Å². The highest BCUT2D eigenvalue weighted by atomic mass is 16.1. The van der Waals surface area contributed by atoms with E-state index in [-0.39, 0.29) is 11.2 Å². The standard InChI is InChI=1S/C20H27N5O/c1-14-11-18(15(2)26)25(21-6)19(24-14)23-13-22-12-16-7-9-17(10-8-16)20(3,4)5/h7-11,22H,6,12-13H2,1-5H3. The van der Waals surface area contributed by atoms with Gasteiger partial charge in [-0.2, -0.15) is 9.78 Å². The Morgan fingerprint density at radius 1 is 1.27 bits per heavy atom. The average Bonchev–Trinajstić information content (AvgIpc) is 2.57. The topological polar surface area (TPSA) is 71.6 Å². The van der Waals surface area contributed by atoms with E-state index in [0.717, 1.165) is 0 Å². The number of hydrogen-bond donors (Lipinski definition) is 1. The summed E-state index contributed by atoms with van der Waals surface area (Å²) in [5, 5.41) is 7.13. The van der Waals surface area contributed by atoms with Crippen LogP contribution in [0.5, 0.6) is 0 Å². The van der Waals surface area contributed by atoms with Gasteiger partial charge in [0.25, 0.3) is 0 Å². The minimum absolute atomic E-state index is 0.105. The lowest BCUT2D eigenvalue weighted by Gasteiger charge is -2.19. The summed E-state index contributed by atoms with van der Waals surface area (Å²) < 4.78 is 1.37. The summed E-state index contributed by atoms with van der Waals surface area (Å²) in [5.41, 5.74) is 4.14. The first kappa shape index (κ1) is 19.7. The largest absolute Gasteiger partial charge is 0.294 e. The molecule has 0 unspecified atom stereocenters. The van der Waals surface area contributed by atoms with Crippen LogP contribution in [0.15, 0.2) is 40.4 Å². The number of aromatic nitrogens is 2. The number of carbonyl (C=O) groups is 1. The van der Waals surface area contributed by atoms with Crippen LogP contribution in [0.1, 0.15) is 55.0 Å². The molecule has 0 aliphatic heterocycles. The van der Waals surface area contributed by atoms with Crippen molar-refractivity contribution < 1.29 is 4.79 Å². The van der Waals surface area contributed by atoms with Crippen LogP contribution in [0.25, 0.3) is 0 Å². The van der Waals surface area contributed by atoms with Crippen LogP contribution >= 0.6 is 0 Å². The summed E-state index contributed by atoms with van der Waals surface area (Å²) in [5.74, 6) is -0.105. The molecule has 0 fully saturated rings. The zero-order chi connectivity index (χ0) is 19.3. The molecular weight excluding hydrogens is 326 g/mol. The van der Waals surface area contributed by atoms with Gasteiger partial charge < -0.3 is 0 Å². The fourth-order valence-corrected chi connectivity index (χ4v) is 2.55. The van der Waals surface area contributed by atoms with E-state index in [1.54, 1.807) is 6.07 Å². The summed E-state index contributed by atoms with van der Waals surface area (Å²) in [7, 11) is 0. The van der Waals surface area contributed by atoms with Crippen LogP contribution in [-0.2, 0) is 12.0 Å². The van der Waals surface area contributed by atoms with Crippen molar-refractivity contribution in [3.8, 4) is 0 Å². The van der Waals surface area contributed by atoms with Crippen LogP contribution in [0.3, 0.4) is 0 Å². The second-order valence-corrected chi connectivity index (χ2v) is 7.28. The number of benzene rings is 1. The molecule has 6 heteroatoms. The van der Waals surface area contributed by atoms with Gasteiger partial charge >= 0.3 is 0 Å². The summed E-state index contributed by atoms with van der Waals surface area (Å²) >= 11 is 0. The Kier molecular flexibility index (Phi) is 6.21. The van der Waals surface area contributed by atoms with Crippen LogP contribution in [0, 0.1) is 6.92 Å². The van der Waals surface area contributed by atoms with Gasteiger partial charge in [0.05, 0.1) is 6.67 Å². The third-order valence-corrected chi connectivity index (χ3v) is 4.02. The normalized spacial score (nSPS) is 12.3. The number of Topliss-reactive ketones (excluding diaryl/α,β-unsaturated/α-hetero) is 1. The fraction of sp³-hybridized carbons (Fsp3) is 0.400. The second-order valence-electron chi connectivity index (χ2n) is 7.28. The molecule has 0 aliphatic rings. The number of hydrogen-bond acceptors (Lipinski definition) is 5. The highest BCUT2D eigenvalue weighted by molar-refractivity contribution is 5.92. The average molecular weight is 353 g/mol. The monoisotopic (exact) mass is 353 g/mol. The SMILES string of the molecule is C=Nn1c(C(C)=O)cc(C)nc1=NCNCc1ccc(C(C)(C)C)cc1. The van der Waals surface area contributed by atoms with E-state index in [1.165, 1.54) is 22.7 Å². The summed E-state index contributed by atoms with van der Waals surface area (Å²) in [6, 6.07) is 10.2. The lowest BCUT2D eigenvalue weighted by atomic mass is 9.87. The highest BCUT2D eigenvalue weighted by Gasteiger charge is 2.12. The van der Waals surface area contributed by atoms with E-state index < -0.39 is 0 Å². The van der Waals surface area contributed by atoms with Crippen molar-refractivity contribution in [1.82, 2.24) is 15.0 Å². The molecule has 1 aromatic heterocycles. The molecule has 2 aromatic rings. The van der Waals surface area contributed by atoms with Crippen molar-refractivity contribution in [1.29, 1.82) is 0 Å². The molecule has 1 aromatic carbocycles. The molecule has 0 radical (unpaired) electrons. The first-order valence-corrected chi connectivity index (χ1v) is 8.61. The predicted molar refractivity (Wildman–Crippen MR) is 104 cm³/mol. The van der Waals surface area contributed by atoms with E-state index in [2.05, 4.69) is 72.1 Å². The summed E-state index contributed by atoms with van der Waals surface area (Å²) in [6.45, 7) is 14.5. The molecule has 6 nitrogen and oxygen atoms in total. The van der Waals surface area contributed by atoms with Crippen LogP contribution in [-0.4, -0.2) is 28.8 Å². The minimum Gasteiger partial charge on any atom is -0.294 e. The number of ketones is 1. The Hall–Kier alpha value is -2.60. The third kappa shape index (κ3) is 4.95. The lowest BCUT2D eigenvalue weighted by molar-refractivity contribution is 0.100. The number of aryl methyl sites for hydroxylation is 1. The van der Waals surface area contributed by atoms with E-state index in [9.17, 15) is 4.79 Å². The van der Waals surface area contributed by atoms with Crippen molar-refractivity contribution in [2.75, 3.05) is 6.67 Å². The van der Waals surface area contributed by atoms with Crippen molar-refractivity contribution in [2.24, 2.45) is 10.1 Å². The molecule has 0 atom stereocenters. The fourth-order valence-electron chi connectivity index (χ4n) is 2.55. The van der Waals surface area contributed by atoms with Crippen molar-refractivity contribution in [2.45, 2.75) is 46.6 Å². The van der Waals surface area contributed by atoms with E-state index in [4.69, 9.17) is 0 Å². The third-order valence-electron chi connectivity index (χ3n) is 4.02. The molecular formula is C20H27N5O. The zero-order valence-electron chi connectivity index (χ0n) is 16.2. The van der Waals surface area contributed by atoms with Gasteiger partial charge in [-0.05, 0) is 29.5 Å². The lowest BCUT2D eigenvalue weighted by Crippen LogP contribution is -2.28. The molecule has 0 amide bonds. The number of rotatable bonds is 6. The Labute approximate surface area is 154 Å². The molecule has 1 heterocycles. The molecule has 0 saturated carbocycles. The minimum atomic E-state index is -0.105. The molecule has 1 N–H and O–H groups in total. The molecule has 26 heavy (non-hydrogen) atoms. The van der Waals surface area contributed by atoms with Crippen molar-refractivity contribution in [3.63, 3.8) is 0 Å². The Morgan fingerprint density at radius 3 is 2.46 bits per heavy atom. The van der Waals surface area contributed by atoms with Crippen LogP contribution < -0.4 is 10.9 Å². The van der Waals surface area contributed by atoms with Gasteiger partial charge in [-0.1, -0.05) is 45.0 Å². The summed E-state index contributed by atoms with van der Waals surface area (Å²) in [6.07, 6.45) is 0. The predicted octanol–water partition coefficient (Wildman–Crippen LogP) is 2.80. The molecule has 0 bridgehead atoms. The smallest absolute Gasteiger partial charge is 0.248 e. The van der Waals surface area contributed by atoms with Crippen molar-refractivity contribution in [3.05, 3.63) is 58.5 Å².